The van der Waals surface area contributed by atoms with Gasteiger partial charge in [0.25, 0.3) is 0 Å². The fourth-order valence-electron chi connectivity index (χ4n) is 3.39. The van der Waals surface area contributed by atoms with Crippen molar-refractivity contribution in [2.45, 2.75) is 64.0 Å². The van der Waals surface area contributed by atoms with Crippen LogP contribution in [0, 0.1) is 11.8 Å². The summed E-state index contributed by atoms with van der Waals surface area (Å²) in [5, 5.41) is 9.52. The zero-order valence-corrected chi connectivity index (χ0v) is 12.3. The molecule has 2 aliphatic rings. The molecule has 0 radical (unpaired) electrons. The summed E-state index contributed by atoms with van der Waals surface area (Å²) in [5.41, 5.74) is 5.22. The quantitative estimate of drug-likeness (QED) is 0.742. The van der Waals surface area contributed by atoms with Crippen LogP contribution in [0.3, 0.4) is 0 Å². The Balaban J connectivity index is 2.06. The Hall–Kier alpha value is -0.610. The van der Waals surface area contributed by atoms with Crippen molar-refractivity contribution in [3.63, 3.8) is 0 Å². The Morgan fingerprint density at radius 2 is 1.89 bits per heavy atom. The zero-order valence-electron chi connectivity index (χ0n) is 12.3. The van der Waals surface area contributed by atoms with Crippen LogP contribution in [-0.4, -0.2) is 40.6 Å². The molecule has 1 atom stereocenters. The summed E-state index contributed by atoms with van der Waals surface area (Å²) < 4.78 is 0. The number of aliphatic carboxylic acids is 1. The molecular formula is C15H28N2O2. The lowest BCUT2D eigenvalue weighted by Crippen LogP contribution is -2.59. The first-order valence-electron chi connectivity index (χ1n) is 7.70. The van der Waals surface area contributed by atoms with E-state index in [2.05, 4.69) is 18.7 Å². The van der Waals surface area contributed by atoms with E-state index in [1.165, 1.54) is 25.7 Å². The Kier molecular flexibility index (Phi) is 4.51. The third kappa shape index (κ3) is 3.48. The van der Waals surface area contributed by atoms with Crippen LogP contribution in [-0.2, 0) is 4.79 Å². The molecule has 2 saturated carbocycles. The summed E-state index contributed by atoms with van der Waals surface area (Å²) in [6, 6.07) is 0.545. The minimum atomic E-state index is -1.03. The largest absolute Gasteiger partial charge is 0.480 e. The number of rotatable bonds is 7. The van der Waals surface area contributed by atoms with Gasteiger partial charge in [-0.15, -0.1) is 0 Å². The van der Waals surface area contributed by atoms with E-state index in [0.717, 1.165) is 19.4 Å². The van der Waals surface area contributed by atoms with Crippen LogP contribution < -0.4 is 5.73 Å². The average Bonchev–Trinajstić information content (AvgIpc) is 3.04. The van der Waals surface area contributed by atoms with Gasteiger partial charge >= 0.3 is 5.97 Å². The maximum Gasteiger partial charge on any atom is 0.325 e. The predicted molar refractivity (Wildman–Crippen MR) is 75.9 cm³/mol. The predicted octanol–water partition coefficient (Wildman–Crippen LogP) is 2.08. The molecule has 0 spiro atoms. The number of carboxylic acid groups (broad SMARTS) is 1. The summed E-state index contributed by atoms with van der Waals surface area (Å²) in [7, 11) is 0. The molecule has 1 unspecified atom stereocenters. The summed E-state index contributed by atoms with van der Waals surface area (Å²) in [6.07, 6.45) is 6.90. The molecule has 0 aromatic heterocycles. The van der Waals surface area contributed by atoms with Gasteiger partial charge < -0.3 is 10.8 Å². The molecule has 0 aliphatic heterocycles. The normalized spacial score (nSPS) is 24.1. The molecule has 2 aliphatic carbocycles. The average molecular weight is 268 g/mol. The van der Waals surface area contributed by atoms with E-state index in [-0.39, 0.29) is 5.92 Å². The lowest BCUT2D eigenvalue weighted by Gasteiger charge is -2.37. The monoisotopic (exact) mass is 268 g/mol. The summed E-state index contributed by atoms with van der Waals surface area (Å²) in [5.74, 6) is -0.0827. The highest BCUT2D eigenvalue weighted by atomic mass is 16.4. The van der Waals surface area contributed by atoms with Gasteiger partial charge in [-0.3, -0.25) is 9.69 Å². The summed E-state index contributed by atoms with van der Waals surface area (Å²) in [6.45, 7) is 5.87. The molecule has 110 valence electrons. The Bertz CT molecular complexity index is 322. The van der Waals surface area contributed by atoms with Gasteiger partial charge in [-0.2, -0.15) is 0 Å². The first kappa shape index (κ1) is 14.8. The minimum Gasteiger partial charge on any atom is -0.480 e. The van der Waals surface area contributed by atoms with Crippen molar-refractivity contribution in [2.75, 3.05) is 13.1 Å². The molecule has 4 nitrogen and oxygen atoms in total. The van der Waals surface area contributed by atoms with Crippen LogP contribution in [0.1, 0.15) is 52.4 Å². The Morgan fingerprint density at radius 3 is 2.32 bits per heavy atom. The summed E-state index contributed by atoms with van der Waals surface area (Å²) in [4.78, 5) is 14.0. The molecule has 0 saturated heterocycles. The van der Waals surface area contributed by atoms with Gasteiger partial charge in [0.1, 0.15) is 5.54 Å². The molecule has 4 heteroatoms. The van der Waals surface area contributed by atoms with Crippen molar-refractivity contribution in [1.82, 2.24) is 4.90 Å². The molecule has 3 N–H and O–H groups in total. The highest BCUT2D eigenvalue weighted by Gasteiger charge is 2.49. The Morgan fingerprint density at radius 1 is 1.32 bits per heavy atom. The van der Waals surface area contributed by atoms with Gasteiger partial charge in [-0.05, 0) is 37.5 Å². The van der Waals surface area contributed by atoms with Gasteiger partial charge in [0.05, 0.1) is 0 Å². The number of carbonyl (C=O) groups is 1. The zero-order chi connectivity index (χ0) is 14.0. The number of carboxylic acids is 1. The molecule has 0 amide bonds. The van der Waals surface area contributed by atoms with Crippen LogP contribution in [0.4, 0.5) is 0 Å². The molecule has 0 aromatic rings. The number of nitrogens with two attached hydrogens (primary N) is 1. The van der Waals surface area contributed by atoms with Gasteiger partial charge in [0.15, 0.2) is 0 Å². The van der Waals surface area contributed by atoms with Gasteiger partial charge in [0, 0.05) is 19.1 Å². The van der Waals surface area contributed by atoms with E-state index in [1.54, 1.807) is 0 Å². The molecule has 2 rings (SSSR count). The fraction of sp³-hybridized carbons (Fsp3) is 0.933. The van der Waals surface area contributed by atoms with Gasteiger partial charge in [-0.1, -0.05) is 26.7 Å². The number of hydrogen-bond acceptors (Lipinski definition) is 3. The van der Waals surface area contributed by atoms with E-state index in [4.69, 9.17) is 5.73 Å². The van der Waals surface area contributed by atoms with Crippen LogP contribution in [0.5, 0.6) is 0 Å². The topological polar surface area (TPSA) is 66.6 Å². The van der Waals surface area contributed by atoms with E-state index in [9.17, 15) is 9.90 Å². The van der Waals surface area contributed by atoms with Gasteiger partial charge in [-0.25, -0.2) is 0 Å². The molecular weight excluding hydrogens is 240 g/mol. The lowest BCUT2D eigenvalue weighted by atomic mass is 9.92. The van der Waals surface area contributed by atoms with Crippen LogP contribution in [0.2, 0.25) is 0 Å². The molecule has 0 bridgehead atoms. The van der Waals surface area contributed by atoms with E-state index in [0.29, 0.717) is 18.5 Å². The fourth-order valence-corrected chi connectivity index (χ4v) is 3.39. The third-order valence-electron chi connectivity index (χ3n) is 4.61. The standard InChI is InChI=1S/C15H28N2O2/c1-11(2)9-17(13-5-3-4-6-13)10-15(16,14(18)19)12-7-8-12/h11-13H,3-10,16H2,1-2H3,(H,18,19). The van der Waals surface area contributed by atoms with Gasteiger partial charge in [0.2, 0.25) is 0 Å². The van der Waals surface area contributed by atoms with Crippen molar-refractivity contribution < 1.29 is 9.90 Å². The SMILES string of the molecule is CC(C)CN(CC(N)(C(=O)O)C1CC1)C1CCCC1. The molecule has 0 heterocycles. The van der Waals surface area contributed by atoms with Crippen molar-refractivity contribution in [3.05, 3.63) is 0 Å². The van der Waals surface area contributed by atoms with E-state index >= 15 is 0 Å². The lowest BCUT2D eigenvalue weighted by molar-refractivity contribution is -0.145. The highest BCUT2D eigenvalue weighted by Crippen LogP contribution is 2.40. The molecule has 0 aromatic carbocycles. The van der Waals surface area contributed by atoms with Crippen LogP contribution in [0.25, 0.3) is 0 Å². The molecule has 2 fully saturated rings. The van der Waals surface area contributed by atoms with Crippen LogP contribution in [0.15, 0.2) is 0 Å². The van der Waals surface area contributed by atoms with Crippen molar-refractivity contribution in [3.8, 4) is 0 Å². The first-order chi connectivity index (χ1) is 8.93. The van der Waals surface area contributed by atoms with Crippen molar-refractivity contribution in [2.24, 2.45) is 17.6 Å². The van der Waals surface area contributed by atoms with Crippen LogP contribution >= 0.6 is 0 Å². The van der Waals surface area contributed by atoms with Crippen molar-refractivity contribution in [1.29, 1.82) is 0 Å². The smallest absolute Gasteiger partial charge is 0.325 e. The summed E-state index contributed by atoms with van der Waals surface area (Å²) >= 11 is 0. The Labute approximate surface area is 116 Å². The second-order valence-electron chi connectivity index (χ2n) is 6.88. The highest BCUT2D eigenvalue weighted by molar-refractivity contribution is 5.79. The number of nitrogens with zero attached hydrogens (tertiary/aromatic N) is 1. The maximum absolute atomic E-state index is 11.6. The third-order valence-corrected chi connectivity index (χ3v) is 4.61. The minimum absolute atomic E-state index is 0.182. The first-order valence-corrected chi connectivity index (χ1v) is 7.70. The second-order valence-corrected chi connectivity index (χ2v) is 6.88. The number of hydrogen-bond donors (Lipinski definition) is 2. The maximum atomic E-state index is 11.6. The van der Waals surface area contributed by atoms with E-state index < -0.39 is 11.5 Å². The van der Waals surface area contributed by atoms with Crippen molar-refractivity contribution >= 4 is 5.97 Å². The molecule has 19 heavy (non-hydrogen) atoms. The second kappa shape index (κ2) is 5.80. The van der Waals surface area contributed by atoms with E-state index in [1.807, 2.05) is 0 Å².